The minimum atomic E-state index is -1.06. The van der Waals surface area contributed by atoms with Crippen LogP contribution in [0.1, 0.15) is 38.2 Å². The first-order valence-corrected chi connectivity index (χ1v) is 15.0. The number of carboxylic acid groups (broad SMARTS) is 1. The van der Waals surface area contributed by atoms with Gasteiger partial charge in [-0.2, -0.15) is 0 Å². The van der Waals surface area contributed by atoms with Crippen molar-refractivity contribution < 1.29 is 24.2 Å². The van der Waals surface area contributed by atoms with Crippen LogP contribution in [0.3, 0.4) is 0 Å². The maximum absolute atomic E-state index is 14.0. The van der Waals surface area contributed by atoms with Crippen LogP contribution in [0, 0.1) is 0 Å². The number of para-hydroxylation sites is 3. The van der Waals surface area contributed by atoms with E-state index in [1.165, 1.54) is 6.07 Å². The van der Waals surface area contributed by atoms with Gasteiger partial charge in [0.2, 0.25) is 0 Å². The average Bonchev–Trinajstić information content (AvgIpc) is 3.38. The Morgan fingerprint density at radius 2 is 1.20 bits per heavy atom. The monoisotopic (exact) mass is 601 g/mol. The minimum absolute atomic E-state index is 0.0824. The lowest BCUT2D eigenvalue weighted by Crippen LogP contribution is -2.40. The average molecular weight is 602 g/mol. The Labute approximate surface area is 265 Å². The second-order valence-electron chi connectivity index (χ2n) is 11.3. The maximum Gasteiger partial charge on any atom is 0.419 e. The molecular formula is C40H27NO5. The molecule has 0 aromatic heterocycles. The lowest BCUT2D eigenvalue weighted by atomic mass is 9.65. The molecule has 8 rings (SSSR count). The van der Waals surface area contributed by atoms with Gasteiger partial charge in [-0.15, -0.1) is 0 Å². The molecule has 1 aliphatic heterocycles. The third-order valence-electron chi connectivity index (χ3n) is 8.85. The summed E-state index contributed by atoms with van der Waals surface area (Å²) in [7, 11) is 0. The molecule has 0 bridgehead atoms. The number of hydrogen-bond donors (Lipinski definition) is 1. The van der Waals surface area contributed by atoms with E-state index in [0.717, 1.165) is 50.3 Å². The number of anilines is 2. The number of carboxylic acids is 1. The van der Waals surface area contributed by atoms with Crippen molar-refractivity contribution in [1.29, 1.82) is 0 Å². The summed E-state index contributed by atoms with van der Waals surface area (Å²) in [6.45, 7) is 0.149. The first kappa shape index (κ1) is 27.4. The van der Waals surface area contributed by atoms with Crippen LogP contribution in [0.15, 0.2) is 146 Å². The normalized spacial score (nSPS) is 13.3. The molecule has 6 heteroatoms. The Kier molecular flexibility index (Phi) is 6.43. The van der Waals surface area contributed by atoms with E-state index in [9.17, 15) is 14.7 Å². The van der Waals surface area contributed by atoms with Crippen LogP contribution in [-0.2, 0) is 16.8 Å². The van der Waals surface area contributed by atoms with E-state index in [2.05, 4.69) is 24.3 Å². The molecule has 222 valence electrons. The van der Waals surface area contributed by atoms with E-state index < -0.39 is 17.5 Å². The number of amides is 1. The van der Waals surface area contributed by atoms with Crippen LogP contribution in [-0.4, -0.2) is 17.2 Å². The van der Waals surface area contributed by atoms with Gasteiger partial charge in [0.15, 0.2) is 0 Å². The summed E-state index contributed by atoms with van der Waals surface area (Å²) in [6.07, 6.45) is -0.465. The summed E-state index contributed by atoms with van der Waals surface area (Å²) in [5, 5.41) is 9.78. The Bertz CT molecular complexity index is 2110. The highest BCUT2D eigenvalue weighted by Gasteiger charge is 2.52. The van der Waals surface area contributed by atoms with Crippen molar-refractivity contribution in [2.75, 3.05) is 4.90 Å². The molecule has 0 fully saturated rings. The van der Waals surface area contributed by atoms with Gasteiger partial charge in [0.1, 0.15) is 23.7 Å². The summed E-state index contributed by atoms with van der Waals surface area (Å²) >= 11 is 0. The number of ether oxygens (including phenoxy) is 2. The van der Waals surface area contributed by atoms with Gasteiger partial charge in [0.25, 0.3) is 0 Å². The third-order valence-corrected chi connectivity index (χ3v) is 8.85. The SMILES string of the molecule is O=C(O)c1ccccc1Oc1ccc2c(c1)C1(c3ccccc3-2)c2ccccc2N(C(=O)OCc2ccccc2)c2ccccc21. The molecule has 2 aliphatic rings. The third kappa shape index (κ3) is 4.11. The van der Waals surface area contributed by atoms with Gasteiger partial charge in [-0.3, -0.25) is 0 Å². The molecule has 0 unspecified atom stereocenters. The van der Waals surface area contributed by atoms with E-state index >= 15 is 0 Å². The molecule has 6 aromatic rings. The second kappa shape index (κ2) is 10.8. The number of nitrogens with zero attached hydrogens (tertiary/aromatic N) is 1. The van der Waals surface area contributed by atoms with Crippen LogP contribution >= 0.6 is 0 Å². The molecular weight excluding hydrogens is 574 g/mol. The number of fused-ring (bicyclic) bond motifs is 9. The van der Waals surface area contributed by atoms with E-state index in [-0.39, 0.29) is 17.9 Å². The van der Waals surface area contributed by atoms with Crippen molar-refractivity contribution in [3.05, 3.63) is 179 Å². The molecule has 46 heavy (non-hydrogen) atoms. The number of carbonyl (C=O) groups excluding carboxylic acids is 1. The molecule has 1 aliphatic carbocycles. The maximum atomic E-state index is 14.0. The van der Waals surface area contributed by atoms with Crippen molar-refractivity contribution in [3.8, 4) is 22.6 Å². The summed E-state index contributed by atoms with van der Waals surface area (Å²) in [5.74, 6) is -0.286. The van der Waals surface area contributed by atoms with Gasteiger partial charge in [-0.25, -0.2) is 14.5 Å². The highest BCUT2D eigenvalue weighted by atomic mass is 16.6. The zero-order chi connectivity index (χ0) is 31.3. The Morgan fingerprint density at radius 1 is 0.609 bits per heavy atom. The van der Waals surface area contributed by atoms with Crippen molar-refractivity contribution >= 4 is 23.4 Å². The largest absolute Gasteiger partial charge is 0.478 e. The molecule has 1 spiro atoms. The predicted molar refractivity (Wildman–Crippen MR) is 176 cm³/mol. The van der Waals surface area contributed by atoms with Crippen LogP contribution in [0.4, 0.5) is 16.2 Å². The quantitative estimate of drug-likeness (QED) is 0.213. The lowest BCUT2D eigenvalue weighted by Gasteiger charge is -2.43. The first-order valence-electron chi connectivity index (χ1n) is 15.0. The number of benzene rings is 6. The van der Waals surface area contributed by atoms with E-state index in [1.807, 2.05) is 97.1 Å². The minimum Gasteiger partial charge on any atom is -0.478 e. The fourth-order valence-electron chi connectivity index (χ4n) is 6.99. The lowest BCUT2D eigenvalue weighted by molar-refractivity contribution is 0.0694. The summed E-state index contributed by atoms with van der Waals surface area (Å²) in [4.78, 5) is 27.6. The van der Waals surface area contributed by atoms with Crippen LogP contribution in [0.5, 0.6) is 11.5 Å². The first-order chi connectivity index (χ1) is 22.6. The summed E-state index contributed by atoms with van der Waals surface area (Å²) in [5.41, 5.74) is 7.70. The van der Waals surface area contributed by atoms with E-state index in [4.69, 9.17) is 9.47 Å². The summed E-state index contributed by atoms with van der Waals surface area (Å²) < 4.78 is 12.2. The number of hydrogen-bond acceptors (Lipinski definition) is 4. The standard InChI is InChI=1S/C40H27NO5/c42-38(43)30-15-5-11-21-37(30)46-27-22-23-29-28-14-4-6-16-31(28)40(34(29)24-27)32-17-7-9-19-35(32)41(36-20-10-8-18-33(36)40)39(44)45-25-26-12-2-1-3-13-26/h1-24H,25H2,(H,42,43). The number of aromatic carboxylic acids is 1. The number of carbonyl (C=O) groups is 2. The van der Waals surface area contributed by atoms with Gasteiger partial charge in [0.05, 0.1) is 16.8 Å². The Balaban J connectivity index is 1.32. The van der Waals surface area contributed by atoms with Crippen molar-refractivity contribution in [2.45, 2.75) is 12.0 Å². The Morgan fingerprint density at radius 3 is 1.91 bits per heavy atom. The summed E-state index contributed by atoms with van der Waals surface area (Å²) in [6, 6.07) is 46.4. The fourth-order valence-corrected chi connectivity index (χ4v) is 6.99. The smallest absolute Gasteiger partial charge is 0.419 e. The van der Waals surface area contributed by atoms with E-state index in [0.29, 0.717) is 5.75 Å². The van der Waals surface area contributed by atoms with E-state index in [1.54, 1.807) is 23.1 Å². The predicted octanol–water partition coefficient (Wildman–Crippen LogP) is 9.33. The van der Waals surface area contributed by atoms with Gasteiger partial charge in [-0.1, -0.05) is 109 Å². The molecule has 6 aromatic carbocycles. The number of rotatable bonds is 5. The molecule has 0 saturated carbocycles. The van der Waals surface area contributed by atoms with Gasteiger partial charge < -0.3 is 14.6 Å². The molecule has 1 amide bonds. The van der Waals surface area contributed by atoms with Crippen molar-refractivity contribution in [2.24, 2.45) is 0 Å². The zero-order valence-electron chi connectivity index (χ0n) is 24.6. The van der Waals surface area contributed by atoms with Gasteiger partial charge in [0, 0.05) is 0 Å². The van der Waals surface area contributed by atoms with Gasteiger partial charge in [-0.05, 0) is 75.3 Å². The van der Waals surface area contributed by atoms with Crippen LogP contribution in [0.2, 0.25) is 0 Å². The highest BCUT2D eigenvalue weighted by Crippen LogP contribution is 2.62. The van der Waals surface area contributed by atoms with Crippen LogP contribution < -0.4 is 9.64 Å². The molecule has 0 atom stereocenters. The van der Waals surface area contributed by atoms with Crippen LogP contribution in [0.25, 0.3) is 11.1 Å². The zero-order valence-corrected chi connectivity index (χ0v) is 24.6. The highest BCUT2D eigenvalue weighted by molar-refractivity contribution is 6.03. The molecule has 1 heterocycles. The van der Waals surface area contributed by atoms with Crippen molar-refractivity contribution in [1.82, 2.24) is 0 Å². The fraction of sp³-hybridized carbons (Fsp3) is 0.0500. The molecule has 1 N–H and O–H groups in total. The molecule has 0 radical (unpaired) electrons. The Hall–Kier alpha value is -6.14. The topological polar surface area (TPSA) is 76.1 Å². The van der Waals surface area contributed by atoms with Gasteiger partial charge >= 0.3 is 12.1 Å². The van der Waals surface area contributed by atoms with Crippen molar-refractivity contribution in [3.63, 3.8) is 0 Å². The molecule has 0 saturated heterocycles. The molecule has 6 nitrogen and oxygen atoms in total. The second-order valence-corrected chi connectivity index (χ2v) is 11.3.